The van der Waals surface area contributed by atoms with Crippen molar-refractivity contribution >= 4 is 11.6 Å². The van der Waals surface area contributed by atoms with Crippen LogP contribution in [0.4, 0.5) is 0 Å². The maximum absolute atomic E-state index is 12.4. The van der Waals surface area contributed by atoms with Crippen LogP contribution >= 0.6 is 0 Å². The van der Waals surface area contributed by atoms with Crippen LogP contribution in [-0.4, -0.2) is 24.8 Å². The van der Waals surface area contributed by atoms with Crippen LogP contribution in [0.2, 0.25) is 0 Å². The Balaban J connectivity index is 1.81. The van der Waals surface area contributed by atoms with Crippen LogP contribution in [0, 0.1) is 5.92 Å². The summed E-state index contributed by atoms with van der Waals surface area (Å²) in [5.41, 5.74) is 2.73. The Morgan fingerprint density at radius 3 is 2.29 bits per heavy atom. The molecule has 0 radical (unpaired) electrons. The summed E-state index contributed by atoms with van der Waals surface area (Å²) in [5.74, 6) is -0.793. The van der Waals surface area contributed by atoms with Crippen molar-refractivity contribution in [1.82, 2.24) is 0 Å². The van der Waals surface area contributed by atoms with Gasteiger partial charge in [0.25, 0.3) is 0 Å². The lowest BCUT2D eigenvalue weighted by molar-refractivity contribution is -0.128. The third kappa shape index (κ3) is 2.93. The van der Waals surface area contributed by atoms with E-state index in [0.29, 0.717) is 18.6 Å². The summed E-state index contributed by atoms with van der Waals surface area (Å²) in [6.07, 6.45) is 0.332. The highest BCUT2D eigenvalue weighted by atomic mass is 16.5. The molecule has 1 unspecified atom stereocenters. The Kier molecular flexibility index (Phi) is 3.93. The van der Waals surface area contributed by atoms with E-state index in [1.807, 2.05) is 42.5 Å². The number of Topliss-reactive ketones (excluding diaryl/α,β-unsaturated/α-hetero) is 2. The van der Waals surface area contributed by atoms with E-state index in [2.05, 4.69) is 0 Å². The third-order valence-corrected chi connectivity index (χ3v) is 3.76. The molecule has 3 heteroatoms. The molecule has 0 saturated carbocycles. The SMILES string of the molecule is O=C1CCOCC1C(=O)c1ccc(-c2ccccc2)cc1. The molecule has 1 heterocycles. The summed E-state index contributed by atoms with van der Waals surface area (Å²) < 4.78 is 5.25. The van der Waals surface area contributed by atoms with E-state index in [-0.39, 0.29) is 18.2 Å². The lowest BCUT2D eigenvalue weighted by Gasteiger charge is -2.19. The second-order valence-electron chi connectivity index (χ2n) is 5.15. The molecular formula is C18H16O3. The first-order valence-corrected chi connectivity index (χ1v) is 7.06. The molecule has 3 nitrogen and oxygen atoms in total. The average Bonchev–Trinajstić information content (AvgIpc) is 2.56. The highest BCUT2D eigenvalue weighted by molar-refractivity contribution is 6.11. The number of ether oxygens (including phenoxy) is 1. The van der Waals surface area contributed by atoms with Gasteiger partial charge >= 0.3 is 0 Å². The summed E-state index contributed by atoms with van der Waals surface area (Å²) in [5, 5.41) is 0. The third-order valence-electron chi connectivity index (χ3n) is 3.76. The molecule has 1 saturated heterocycles. The lowest BCUT2D eigenvalue weighted by atomic mass is 9.91. The molecule has 2 aromatic carbocycles. The molecule has 1 aliphatic heterocycles. The normalized spacial score (nSPS) is 18.5. The van der Waals surface area contributed by atoms with E-state index in [0.717, 1.165) is 11.1 Å². The van der Waals surface area contributed by atoms with Crippen molar-refractivity contribution in [2.45, 2.75) is 6.42 Å². The molecule has 21 heavy (non-hydrogen) atoms. The largest absolute Gasteiger partial charge is 0.380 e. The van der Waals surface area contributed by atoms with E-state index in [4.69, 9.17) is 4.74 Å². The smallest absolute Gasteiger partial charge is 0.175 e. The van der Waals surface area contributed by atoms with E-state index in [1.54, 1.807) is 12.1 Å². The van der Waals surface area contributed by atoms with Crippen LogP contribution in [0.3, 0.4) is 0 Å². The molecule has 0 aliphatic carbocycles. The van der Waals surface area contributed by atoms with Crippen LogP contribution in [-0.2, 0) is 9.53 Å². The Morgan fingerprint density at radius 1 is 0.952 bits per heavy atom. The number of ketones is 2. The fourth-order valence-electron chi connectivity index (χ4n) is 2.52. The Hall–Kier alpha value is -2.26. The molecule has 0 bridgehead atoms. The van der Waals surface area contributed by atoms with Crippen molar-refractivity contribution in [1.29, 1.82) is 0 Å². The molecule has 3 rings (SSSR count). The summed E-state index contributed by atoms with van der Waals surface area (Å²) in [6.45, 7) is 0.633. The molecule has 2 aromatic rings. The first kappa shape index (κ1) is 13.7. The number of hydrogen-bond donors (Lipinski definition) is 0. The van der Waals surface area contributed by atoms with Crippen LogP contribution in [0.25, 0.3) is 11.1 Å². The predicted molar refractivity (Wildman–Crippen MR) is 80.1 cm³/mol. The standard InChI is InChI=1S/C18H16O3/c19-17-10-11-21-12-16(17)18(20)15-8-6-14(7-9-15)13-4-2-1-3-5-13/h1-9,16H,10-12H2. The lowest BCUT2D eigenvalue weighted by Crippen LogP contribution is -2.33. The van der Waals surface area contributed by atoms with Crippen molar-refractivity contribution in [3.63, 3.8) is 0 Å². The van der Waals surface area contributed by atoms with Crippen molar-refractivity contribution in [3.8, 4) is 11.1 Å². The zero-order valence-electron chi connectivity index (χ0n) is 11.6. The van der Waals surface area contributed by atoms with Gasteiger partial charge in [0.15, 0.2) is 5.78 Å². The topological polar surface area (TPSA) is 43.4 Å². The van der Waals surface area contributed by atoms with Gasteiger partial charge in [-0.05, 0) is 11.1 Å². The van der Waals surface area contributed by atoms with Gasteiger partial charge in [0.1, 0.15) is 11.7 Å². The minimum Gasteiger partial charge on any atom is -0.380 e. The first-order chi connectivity index (χ1) is 10.3. The Labute approximate surface area is 123 Å². The fourth-order valence-corrected chi connectivity index (χ4v) is 2.52. The van der Waals surface area contributed by atoms with Crippen LogP contribution in [0.1, 0.15) is 16.8 Å². The van der Waals surface area contributed by atoms with Crippen molar-refractivity contribution < 1.29 is 14.3 Å². The number of carbonyl (C=O) groups is 2. The monoisotopic (exact) mass is 280 g/mol. The minimum atomic E-state index is -0.638. The minimum absolute atomic E-state index is 0.0154. The maximum Gasteiger partial charge on any atom is 0.175 e. The zero-order valence-corrected chi connectivity index (χ0v) is 11.6. The van der Waals surface area contributed by atoms with Crippen molar-refractivity contribution in [2.75, 3.05) is 13.2 Å². The van der Waals surface area contributed by atoms with Gasteiger partial charge in [0, 0.05) is 12.0 Å². The molecule has 106 valence electrons. The number of hydrogen-bond acceptors (Lipinski definition) is 3. The van der Waals surface area contributed by atoms with Gasteiger partial charge in [-0.1, -0.05) is 54.6 Å². The molecule has 0 aromatic heterocycles. The van der Waals surface area contributed by atoms with Crippen molar-refractivity contribution in [3.05, 3.63) is 60.2 Å². The van der Waals surface area contributed by atoms with Gasteiger partial charge in [-0.2, -0.15) is 0 Å². The van der Waals surface area contributed by atoms with E-state index >= 15 is 0 Å². The molecular weight excluding hydrogens is 264 g/mol. The second kappa shape index (κ2) is 6.02. The predicted octanol–water partition coefficient (Wildman–Crippen LogP) is 3.14. The van der Waals surface area contributed by atoms with E-state index < -0.39 is 5.92 Å². The zero-order chi connectivity index (χ0) is 14.7. The summed E-state index contributed by atoms with van der Waals surface area (Å²) in [7, 11) is 0. The van der Waals surface area contributed by atoms with Crippen molar-refractivity contribution in [2.24, 2.45) is 5.92 Å². The van der Waals surface area contributed by atoms with Gasteiger partial charge in [0.05, 0.1) is 13.2 Å². The molecule has 1 atom stereocenters. The maximum atomic E-state index is 12.4. The van der Waals surface area contributed by atoms with Gasteiger partial charge in [-0.15, -0.1) is 0 Å². The highest BCUT2D eigenvalue weighted by Crippen LogP contribution is 2.21. The Morgan fingerprint density at radius 2 is 1.62 bits per heavy atom. The molecule has 0 spiro atoms. The average molecular weight is 280 g/mol. The summed E-state index contributed by atoms with van der Waals surface area (Å²) in [4.78, 5) is 24.2. The highest BCUT2D eigenvalue weighted by Gasteiger charge is 2.30. The molecule has 1 aliphatic rings. The first-order valence-electron chi connectivity index (χ1n) is 7.06. The molecule has 1 fully saturated rings. The fraction of sp³-hybridized carbons (Fsp3) is 0.222. The van der Waals surface area contributed by atoms with E-state index in [9.17, 15) is 9.59 Å². The van der Waals surface area contributed by atoms with Gasteiger partial charge in [-0.3, -0.25) is 9.59 Å². The summed E-state index contributed by atoms with van der Waals surface area (Å²) in [6, 6.07) is 17.4. The summed E-state index contributed by atoms with van der Waals surface area (Å²) >= 11 is 0. The van der Waals surface area contributed by atoms with Crippen LogP contribution < -0.4 is 0 Å². The number of benzene rings is 2. The van der Waals surface area contributed by atoms with Crippen LogP contribution in [0.5, 0.6) is 0 Å². The van der Waals surface area contributed by atoms with Gasteiger partial charge < -0.3 is 4.74 Å². The second-order valence-corrected chi connectivity index (χ2v) is 5.15. The van der Waals surface area contributed by atoms with E-state index in [1.165, 1.54) is 0 Å². The van der Waals surface area contributed by atoms with Crippen LogP contribution in [0.15, 0.2) is 54.6 Å². The molecule has 0 N–H and O–H groups in total. The van der Waals surface area contributed by atoms with Gasteiger partial charge in [0.2, 0.25) is 0 Å². The number of carbonyl (C=O) groups excluding carboxylic acids is 2. The quantitative estimate of drug-likeness (QED) is 0.641. The van der Waals surface area contributed by atoms with Gasteiger partial charge in [-0.25, -0.2) is 0 Å². The molecule has 0 amide bonds. The number of rotatable bonds is 3. The Bertz CT molecular complexity index is 644.